The molecule has 140 valence electrons. The number of aliphatic hydroxyl groups excluding tert-OH is 1. The highest BCUT2D eigenvalue weighted by atomic mass is 16.7. The third-order valence-electron chi connectivity index (χ3n) is 5.77. The van der Waals surface area contributed by atoms with Gasteiger partial charge in [-0.2, -0.15) is 0 Å². The molecule has 0 bridgehead atoms. The average Bonchev–Trinajstić information content (AvgIpc) is 3.45. The van der Waals surface area contributed by atoms with Gasteiger partial charge in [0.05, 0.1) is 18.8 Å². The lowest BCUT2D eigenvalue weighted by Gasteiger charge is -2.20. The summed E-state index contributed by atoms with van der Waals surface area (Å²) in [5.74, 6) is 2.78. The summed E-state index contributed by atoms with van der Waals surface area (Å²) in [5, 5.41) is 10.6. The van der Waals surface area contributed by atoms with Crippen molar-refractivity contribution >= 4 is 0 Å². The highest BCUT2D eigenvalue weighted by molar-refractivity contribution is 5.47. The minimum Gasteiger partial charge on any atom is -0.454 e. The number of aliphatic hydroxyl groups is 1. The Morgan fingerprint density at radius 3 is 2.00 bits per heavy atom. The molecule has 0 saturated carbocycles. The minimum absolute atomic E-state index is 0.0517. The molecule has 4 aliphatic heterocycles. The lowest BCUT2D eigenvalue weighted by Crippen LogP contribution is -2.22. The highest BCUT2D eigenvalue weighted by Crippen LogP contribution is 2.54. The molecule has 4 aliphatic rings. The predicted octanol–water partition coefficient (Wildman–Crippen LogP) is 2.54. The Morgan fingerprint density at radius 1 is 0.741 bits per heavy atom. The van der Waals surface area contributed by atoms with Gasteiger partial charge >= 0.3 is 0 Å². The summed E-state index contributed by atoms with van der Waals surface area (Å²) in [6, 6.07) is 11.5. The number of rotatable bonds is 2. The van der Waals surface area contributed by atoms with E-state index in [1.165, 1.54) is 0 Å². The van der Waals surface area contributed by atoms with Crippen molar-refractivity contribution in [2.75, 3.05) is 20.2 Å². The topological polar surface area (TPSA) is 75.6 Å². The largest absolute Gasteiger partial charge is 0.454 e. The van der Waals surface area contributed by atoms with E-state index < -0.39 is 6.29 Å². The van der Waals surface area contributed by atoms with Crippen LogP contribution in [0.4, 0.5) is 0 Å². The maximum absolute atomic E-state index is 10.6. The third-order valence-corrected chi connectivity index (χ3v) is 5.77. The molecule has 2 aromatic rings. The highest BCUT2D eigenvalue weighted by Gasteiger charge is 2.53. The van der Waals surface area contributed by atoms with Crippen molar-refractivity contribution in [1.29, 1.82) is 0 Å². The van der Waals surface area contributed by atoms with E-state index in [1.54, 1.807) is 0 Å². The van der Waals surface area contributed by atoms with Gasteiger partial charge in [0.25, 0.3) is 0 Å². The van der Waals surface area contributed by atoms with Gasteiger partial charge in [-0.25, -0.2) is 0 Å². The Balaban J connectivity index is 1.30. The van der Waals surface area contributed by atoms with Gasteiger partial charge in [0.15, 0.2) is 29.3 Å². The molecule has 0 aromatic heterocycles. The standard InChI is InChI=1S/C20H18O7/c21-20-17-12(18(27-20)10-1-3-13-15(5-10)25-8-23-13)7-22-19(17)11-2-4-14-16(6-11)26-9-24-14/h1-6,12,17-21H,7-9H2/t12-,17+,18+,19-,20-/m0/s1. The molecular formula is C20H18O7. The normalized spacial score (nSPS) is 32.7. The van der Waals surface area contributed by atoms with Gasteiger partial charge in [-0.05, 0) is 35.4 Å². The van der Waals surface area contributed by atoms with Crippen molar-refractivity contribution in [2.45, 2.75) is 18.5 Å². The quantitative estimate of drug-likeness (QED) is 0.871. The van der Waals surface area contributed by atoms with Gasteiger partial charge in [0.2, 0.25) is 13.6 Å². The van der Waals surface area contributed by atoms with Crippen LogP contribution in [0.25, 0.3) is 0 Å². The van der Waals surface area contributed by atoms with E-state index in [0.717, 1.165) is 22.6 Å². The Kier molecular flexibility index (Phi) is 3.32. The van der Waals surface area contributed by atoms with Crippen LogP contribution in [0.15, 0.2) is 36.4 Å². The second-order valence-electron chi connectivity index (χ2n) is 7.17. The first kappa shape index (κ1) is 15.6. The first-order valence-corrected chi connectivity index (χ1v) is 9.02. The van der Waals surface area contributed by atoms with Crippen molar-refractivity contribution in [1.82, 2.24) is 0 Å². The van der Waals surface area contributed by atoms with Gasteiger partial charge in [-0.15, -0.1) is 0 Å². The summed E-state index contributed by atoms with van der Waals surface area (Å²) in [5.41, 5.74) is 1.92. The van der Waals surface area contributed by atoms with Crippen LogP contribution in [0.5, 0.6) is 23.0 Å². The summed E-state index contributed by atoms with van der Waals surface area (Å²) >= 11 is 0. The van der Waals surface area contributed by atoms with E-state index in [-0.39, 0.29) is 37.6 Å². The van der Waals surface area contributed by atoms with Crippen LogP contribution in [0.1, 0.15) is 23.3 Å². The fraction of sp³-hybridized carbons (Fsp3) is 0.400. The monoisotopic (exact) mass is 370 g/mol. The number of hydrogen-bond acceptors (Lipinski definition) is 7. The molecule has 7 nitrogen and oxygen atoms in total. The summed E-state index contributed by atoms with van der Waals surface area (Å²) in [6.45, 7) is 0.975. The zero-order valence-corrected chi connectivity index (χ0v) is 14.4. The summed E-state index contributed by atoms with van der Waals surface area (Å²) in [7, 11) is 0. The average molecular weight is 370 g/mol. The maximum atomic E-state index is 10.6. The van der Waals surface area contributed by atoms with E-state index >= 15 is 0 Å². The first-order chi connectivity index (χ1) is 13.3. The van der Waals surface area contributed by atoms with Crippen molar-refractivity contribution in [3.63, 3.8) is 0 Å². The van der Waals surface area contributed by atoms with Crippen molar-refractivity contribution in [2.24, 2.45) is 11.8 Å². The molecule has 6 rings (SSSR count). The second kappa shape index (κ2) is 5.76. The van der Waals surface area contributed by atoms with E-state index in [9.17, 15) is 5.11 Å². The van der Waals surface area contributed by atoms with Crippen LogP contribution in [0, 0.1) is 11.8 Å². The number of hydrogen-bond donors (Lipinski definition) is 1. The minimum atomic E-state index is -0.900. The van der Waals surface area contributed by atoms with Crippen LogP contribution in [-0.2, 0) is 9.47 Å². The fourth-order valence-corrected chi connectivity index (χ4v) is 4.48. The molecule has 7 heteroatoms. The molecule has 2 fully saturated rings. The number of benzene rings is 2. The number of fused-ring (bicyclic) bond motifs is 3. The van der Waals surface area contributed by atoms with Gasteiger partial charge in [0.1, 0.15) is 0 Å². The van der Waals surface area contributed by atoms with E-state index in [0.29, 0.717) is 18.1 Å². The third kappa shape index (κ3) is 2.32. The summed E-state index contributed by atoms with van der Waals surface area (Å²) < 4.78 is 33.7. The smallest absolute Gasteiger partial charge is 0.231 e. The van der Waals surface area contributed by atoms with E-state index in [2.05, 4.69) is 0 Å². The van der Waals surface area contributed by atoms with E-state index in [1.807, 2.05) is 36.4 Å². The van der Waals surface area contributed by atoms with Crippen LogP contribution in [0.3, 0.4) is 0 Å². The van der Waals surface area contributed by atoms with Gasteiger partial charge in [-0.1, -0.05) is 12.1 Å². The molecule has 0 amide bonds. The van der Waals surface area contributed by atoms with Gasteiger partial charge < -0.3 is 33.5 Å². The molecule has 5 atom stereocenters. The summed E-state index contributed by atoms with van der Waals surface area (Å²) in [6.07, 6.45) is -1.40. The van der Waals surface area contributed by atoms with E-state index in [4.69, 9.17) is 28.4 Å². The zero-order valence-electron chi connectivity index (χ0n) is 14.4. The number of ether oxygens (including phenoxy) is 6. The Morgan fingerprint density at radius 2 is 1.33 bits per heavy atom. The van der Waals surface area contributed by atoms with Crippen LogP contribution in [-0.4, -0.2) is 31.6 Å². The SMILES string of the molecule is O[C@H]1O[C@H](c2ccc3c(c2)OCO3)[C@H]2CO[C@@H](c3ccc4c(c3)OCO4)[C@@H]21. The summed E-state index contributed by atoms with van der Waals surface area (Å²) in [4.78, 5) is 0. The first-order valence-electron chi connectivity index (χ1n) is 9.02. The molecule has 0 radical (unpaired) electrons. The van der Waals surface area contributed by atoms with Gasteiger partial charge in [-0.3, -0.25) is 0 Å². The molecule has 27 heavy (non-hydrogen) atoms. The van der Waals surface area contributed by atoms with Crippen LogP contribution < -0.4 is 18.9 Å². The van der Waals surface area contributed by atoms with Crippen molar-refractivity contribution in [3.8, 4) is 23.0 Å². The molecule has 0 spiro atoms. The van der Waals surface area contributed by atoms with Crippen molar-refractivity contribution < 1.29 is 33.5 Å². The molecule has 0 unspecified atom stereocenters. The van der Waals surface area contributed by atoms with Gasteiger partial charge in [0, 0.05) is 11.8 Å². The maximum Gasteiger partial charge on any atom is 0.231 e. The lowest BCUT2D eigenvalue weighted by molar-refractivity contribution is -0.134. The molecule has 4 heterocycles. The predicted molar refractivity (Wildman–Crippen MR) is 90.6 cm³/mol. The molecule has 2 aromatic carbocycles. The Labute approximate surface area is 155 Å². The zero-order chi connectivity index (χ0) is 18.0. The lowest BCUT2D eigenvalue weighted by atomic mass is 9.84. The van der Waals surface area contributed by atoms with Crippen molar-refractivity contribution in [3.05, 3.63) is 47.5 Å². The fourth-order valence-electron chi connectivity index (χ4n) is 4.48. The molecule has 1 N–H and O–H groups in total. The molecular weight excluding hydrogens is 352 g/mol. The van der Waals surface area contributed by atoms with Crippen LogP contribution >= 0.6 is 0 Å². The Hall–Kier alpha value is -2.48. The molecule has 0 aliphatic carbocycles. The Bertz CT molecular complexity index is 842. The second-order valence-corrected chi connectivity index (χ2v) is 7.17. The van der Waals surface area contributed by atoms with Crippen LogP contribution in [0.2, 0.25) is 0 Å². The molecule has 2 saturated heterocycles.